The molecule has 1 aliphatic rings. The zero-order chi connectivity index (χ0) is 19.3. The molecule has 0 saturated carbocycles. The van der Waals surface area contributed by atoms with E-state index < -0.39 is 10.2 Å². The first-order valence-corrected chi connectivity index (χ1v) is 10.4. The molecule has 26 heavy (non-hydrogen) atoms. The van der Waals surface area contributed by atoms with Crippen LogP contribution in [0.4, 0.5) is 0 Å². The third-order valence-electron chi connectivity index (χ3n) is 4.74. The molecule has 0 unspecified atom stereocenters. The third kappa shape index (κ3) is 5.65. The van der Waals surface area contributed by atoms with Crippen molar-refractivity contribution in [2.24, 2.45) is 11.8 Å². The summed E-state index contributed by atoms with van der Waals surface area (Å²) in [6.07, 6.45) is 0. The van der Waals surface area contributed by atoms with Gasteiger partial charge in [0.05, 0.1) is 6.61 Å². The highest BCUT2D eigenvalue weighted by molar-refractivity contribution is 7.87. The van der Waals surface area contributed by atoms with Crippen molar-refractivity contribution in [3.05, 3.63) is 29.8 Å². The average Bonchev–Trinajstić information content (AvgIpc) is 2.95. The van der Waals surface area contributed by atoms with Gasteiger partial charge in [-0.2, -0.15) is 17.4 Å². The second kappa shape index (κ2) is 9.14. The maximum atomic E-state index is 12.2. The van der Waals surface area contributed by atoms with Gasteiger partial charge in [0.25, 0.3) is 10.2 Å². The van der Waals surface area contributed by atoms with E-state index in [1.54, 1.807) is 0 Å². The number of aliphatic hydroxyl groups is 1. The number of hydrogen-bond acceptors (Lipinski definition) is 5. The van der Waals surface area contributed by atoms with Crippen LogP contribution in [0.15, 0.2) is 24.3 Å². The van der Waals surface area contributed by atoms with Gasteiger partial charge < -0.3 is 9.84 Å². The lowest BCUT2D eigenvalue weighted by Crippen LogP contribution is -2.46. The zero-order valence-corrected chi connectivity index (χ0v) is 16.9. The summed E-state index contributed by atoms with van der Waals surface area (Å²) < 4.78 is 34.0. The molecular formula is C18H31N3O4S. The molecule has 0 spiro atoms. The Morgan fingerprint density at radius 1 is 1.35 bits per heavy atom. The van der Waals surface area contributed by atoms with Gasteiger partial charge in [0.15, 0.2) is 0 Å². The molecule has 0 bridgehead atoms. The number of aliphatic hydroxyl groups excluding tert-OH is 1. The standard InChI is InChI=1S/C18H31N3O4S/c1-14(2)17-12-21(13-18(17)19-26(23,24)20(3)4)11-15-6-5-7-16(10-15)25-9-8-22/h5-7,10,14,17-19,22H,8-9,11-13H2,1-4H3/t17-,18+/m0/s1. The molecule has 2 rings (SSSR count). The van der Waals surface area contributed by atoms with Crippen LogP contribution in [0.1, 0.15) is 19.4 Å². The van der Waals surface area contributed by atoms with Crippen LogP contribution in [-0.2, 0) is 16.8 Å². The summed E-state index contributed by atoms with van der Waals surface area (Å²) >= 11 is 0. The van der Waals surface area contributed by atoms with Crippen molar-refractivity contribution in [2.45, 2.75) is 26.4 Å². The summed E-state index contributed by atoms with van der Waals surface area (Å²) in [6.45, 7) is 6.79. The van der Waals surface area contributed by atoms with E-state index in [0.29, 0.717) is 12.5 Å². The lowest BCUT2D eigenvalue weighted by molar-refractivity contribution is 0.201. The minimum atomic E-state index is -3.45. The first-order valence-electron chi connectivity index (χ1n) is 8.97. The van der Waals surface area contributed by atoms with Gasteiger partial charge in [-0.05, 0) is 29.5 Å². The maximum absolute atomic E-state index is 12.2. The Morgan fingerprint density at radius 2 is 2.08 bits per heavy atom. The number of ether oxygens (including phenoxy) is 1. The molecule has 0 aromatic heterocycles. The molecule has 0 aliphatic carbocycles. The minimum Gasteiger partial charge on any atom is -0.491 e. The summed E-state index contributed by atoms with van der Waals surface area (Å²) in [5, 5.41) is 8.88. The zero-order valence-electron chi connectivity index (χ0n) is 16.1. The molecule has 1 saturated heterocycles. The van der Waals surface area contributed by atoms with Crippen LogP contribution in [-0.4, -0.2) is 69.2 Å². The summed E-state index contributed by atoms with van der Waals surface area (Å²) in [4.78, 5) is 2.28. The maximum Gasteiger partial charge on any atom is 0.279 e. The van der Waals surface area contributed by atoms with Crippen LogP contribution in [0, 0.1) is 11.8 Å². The van der Waals surface area contributed by atoms with E-state index in [1.807, 2.05) is 24.3 Å². The van der Waals surface area contributed by atoms with E-state index in [1.165, 1.54) is 18.4 Å². The van der Waals surface area contributed by atoms with Gasteiger partial charge in [-0.3, -0.25) is 4.90 Å². The molecule has 0 amide bonds. The number of nitrogens with zero attached hydrogens (tertiary/aromatic N) is 2. The van der Waals surface area contributed by atoms with Crippen LogP contribution < -0.4 is 9.46 Å². The smallest absolute Gasteiger partial charge is 0.279 e. The summed E-state index contributed by atoms with van der Waals surface area (Å²) in [5.74, 6) is 1.38. The van der Waals surface area contributed by atoms with Crippen LogP contribution in [0.3, 0.4) is 0 Å². The number of benzene rings is 1. The number of nitrogens with one attached hydrogen (secondary N) is 1. The fourth-order valence-electron chi connectivity index (χ4n) is 3.29. The van der Waals surface area contributed by atoms with Crippen LogP contribution >= 0.6 is 0 Å². The van der Waals surface area contributed by atoms with Crippen molar-refractivity contribution < 1.29 is 18.3 Å². The summed E-state index contributed by atoms with van der Waals surface area (Å²) in [6, 6.07) is 7.71. The summed E-state index contributed by atoms with van der Waals surface area (Å²) in [7, 11) is -0.370. The second-order valence-electron chi connectivity index (χ2n) is 7.33. The lowest BCUT2D eigenvalue weighted by atomic mass is 9.92. The minimum absolute atomic E-state index is 0.0138. The Kier molecular flexibility index (Phi) is 7.42. The molecule has 2 atom stereocenters. The molecule has 1 fully saturated rings. The Morgan fingerprint density at radius 3 is 2.69 bits per heavy atom. The first-order chi connectivity index (χ1) is 12.2. The van der Waals surface area contributed by atoms with E-state index in [-0.39, 0.29) is 25.2 Å². The van der Waals surface area contributed by atoms with E-state index in [9.17, 15) is 8.42 Å². The average molecular weight is 386 g/mol. The molecule has 7 nitrogen and oxygen atoms in total. The van der Waals surface area contributed by atoms with Gasteiger partial charge in [-0.25, -0.2) is 0 Å². The molecule has 2 N–H and O–H groups in total. The Hall–Kier alpha value is -1.19. The van der Waals surface area contributed by atoms with Gasteiger partial charge in [0.1, 0.15) is 12.4 Å². The molecule has 148 valence electrons. The molecule has 1 aliphatic heterocycles. The van der Waals surface area contributed by atoms with Gasteiger partial charge >= 0.3 is 0 Å². The van der Waals surface area contributed by atoms with Gasteiger partial charge in [0.2, 0.25) is 0 Å². The fraction of sp³-hybridized carbons (Fsp3) is 0.667. The van der Waals surface area contributed by atoms with E-state index in [0.717, 1.165) is 24.4 Å². The predicted octanol–water partition coefficient (Wildman–Crippen LogP) is 0.910. The highest BCUT2D eigenvalue weighted by Crippen LogP contribution is 2.27. The van der Waals surface area contributed by atoms with Crippen LogP contribution in [0.25, 0.3) is 0 Å². The molecule has 8 heteroatoms. The highest BCUT2D eigenvalue weighted by Gasteiger charge is 2.37. The van der Waals surface area contributed by atoms with E-state index >= 15 is 0 Å². The van der Waals surface area contributed by atoms with Crippen molar-refractivity contribution in [3.63, 3.8) is 0 Å². The van der Waals surface area contributed by atoms with Crippen molar-refractivity contribution in [1.82, 2.24) is 13.9 Å². The molecule has 1 aromatic carbocycles. The monoisotopic (exact) mass is 385 g/mol. The lowest BCUT2D eigenvalue weighted by Gasteiger charge is -2.24. The van der Waals surface area contributed by atoms with Crippen LogP contribution in [0.2, 0.25) is 0 Å². The molecule has 1 aromatic rings. The number of rotatable bonds is 9. The quantitative estimate of drug-likeness (QED) is 0.660. The highest BCUT2D eigenvalue weighted by atomic mass is 32.2. The largest absolute Gasteiger partial charge is 0.491 e. The molecular weight excluding hydrogens is 354 g/mol. The van der Waals surface area contributed by atoms with Crippen molar-refractivity contribution in [3.8, 4) is 5.75 Å². The normalized spacial score (nSPS) is 21.7. The second-order valence-corrected chi connectivity index (χ2v) is 9.25. The molecule has 0 radical (unpaired) electrons. The number of hydrogen-bond donors (Lipinski definition) is 2. The van der Waals surface area contributed by atoms with E-state index in [2.05, 4.69) is 23.5 Å². The Balaban J connectivity index is 2.05. The van der Waals surface area contributed by atoms with Crippen molar-refractivity contribution in [2.75, 3.05) is 40.4 Å². The predicted molar refractivity (Wildman–Crippen MR) is 102 cm³/mol. The Labute approximate surface area is 157 Å². The van der Waals surface area contributed by atoms with Crippen LogP contribution in [0.5, 0.6) is 5.75 Å². The first kappa shape index (κ1) is 21.1. The van der Waals surface area contributed by atoms with Gasteiger partial charge in [-0.1, -0.05) is 26.0 Å². The molecule has 1 heterocycles. The topological polar surface area (TPSA) is 82.1 Å². The van der Waals surface area contributed by atoms with Gasteiger partial charge in [-0.15, -0.1) is 0 Å². The van der Waals surface area contributed by atoms with E-state index in [4.69, 9.17) is 9.84 Å². The Bertz CT molecular complexity index is 679. The SMILES string of the molecule is CC(C)[C@@H]1CN(Cc2cccc(OCCO)c2)C[C@H]1NS(=O)(=O)N(C)C. The number of likely N-dealkylation sites (tertiary alicyclic amines) is 1. The van der Waals surface area contributed by atoms with Gasteiger partial charge in [0, 0.05) is 39.8 Å². The van der Waals surface area contributed by atoms with Crippen molar-refractivity contribution >= 4 is 10.2 Å². The summed E-state index contributed by atoms with van der Waals surface area (Å²) in [5.41, 5.74) is 1.11. The fourth-order valence-corrected chi connectivity index (χ4v) is 4.14. The van der Waals surface area contributed by atoms with Crippen molar-refractivity contribution in [1.29, 1.82) is 0 Å². The third-order valence-corrected chi connectivity index (χ3v) is 6.30.